The Balaban J connectivity index is 2.04. The molecule has 0 saturated carbocycles. The Labute approximate surface area is 172 Å². The van der Waals surface area contributed by atoms with Crippen molar-refractivity contribution in [3.63, 3.8) is 0 Å². The number of nitrogens with one attached hydrogen (secondary N) is 2. The van der Waals surface area contributed by atoms with Crippen LogP contribution in [-0.2, 0) is 23.2 Å². The Morgan fingerprint density at radius 1 is 1.14 bits per heavy atom. The minimum absolute atomic E-state index is 0.0216. The fourth-order valence-electron chi connectivity index (χ4n) is 2.64. The molecule has 0 saturated heterocycles. The quantitative estimate of drug-likeness (QED) is 0.527. The third kappa shape index (κ3) is 6.68. The number of benzene rings is 1. The van der Waals surface area contributed by atoms with Gasteiger partial charge in [-0.3, -0.25) is 4.79 Å². The van der Waals surface area contributed by atoms with Crippen molar-refractivity contribution in [3.05, 3.63) is 57.8 Å². The second-order valence-corrected chi connectivity index (χ2v) is 8.71. The van der Waals surface area contributed by atoms with Crippen LogP contribution < -0.4 is 10.6 Å². The van der Waals surface area contributed by atoms with E-state index < -0.39 is 0 Å². The highest BCUT2D eigenvalue weighted by Gasteiger charge is 2.21. The number of aryl methyl sites for hydroxylation is 1. The molecule has 2 rings (SSSR count). The first-order valence-electron chi connectivity index (χ1n) is 9.66. The summed E-state index contributed by atoms with van der Waals surface area (Å²) in [6.45, 7) is 8.11. The van der Waals surface area contributed by atoms with Crippen LogP contribution in [0.15, 0.2) is 46.8 Å². The van der Waals surface area contributed by atoms with Gasteiger partial charge in [-0.2, -0.15) is 0 Å². The number of likely N-dealkylation sites (N-methyl/N-ethyl adjacent to an activating group) is 1. The highest BCUT2D eigenvalue weighted by Crippen LogP contribution is 2.22. The summed E-state index contributed by atoms with van der Waals surface area (Å²) in [6, 6.07) is 12.9. The molecule has 0 unspecified atom stereocenters. The van der Waals surface area contributed by atoms with Crippen LogP contribution in [0.4, 0.5) is 0 Å². The topological polar surface area (TPSA) is 56.7 Å². The van der Waals surface area contributed by atoms with Crippen molar-refractivity contribution in [3.8, 4) is 0 Å². The lowest BCUT2D eigenvalue weighted by Gasteiger charge is -2.27. The van der Waals surface area contributed by atoms with Crippen LogP contribution in [0.5, 0.6) is 0 Å². The first-order chi connectivity index (χ1) is 13.3. The molecular formula is C22H32N4OS. The molecule has 0 radical (unpaired) electrons. The molecule has 0 spiro atoms. The summed E-state index contributed by atoms with van der Waals surface area (Å²) in [4.78, 5) is 19.2. The normalized spacial score (nSPS) is 12.0. The molecule has 1 aromatic carbocycles. The van der Waals surface area contributed by atoms with E-state index in [2.05, 4.69) is 72.1 Å². The molecule has 0 aliphatic heterocycles. The van der Waals surface area contributed by atoms with E-state index in [0.717, 1.165) is 6.42 Å². The molecule has 2 N–H and O–H groups in total. The maximum atomic E-state index is 11.9. The van der Waals surface area contributed by atoms with Gasteiger partial charge in [0.1, 0.15) is 6.54 Å². The minimum atomic E-state index is -0.0663. The van der Waals surface area contributed by atoms with E-state index in [1.165, 1.54) is 16.0 Å². The van der Waals surface area contributed by atoms with Crippen molar-refractivity contribution in [2.75, 3.05) is 27.2 Å². The van der Waals surface area contributed by atoms with Gasteiger partial charge in [-0.25, -0.2) is 4.99 Å². The lowest BCUT2D eigenvalue weighted by atomic mass is 9.84. The Hall–Kier alpha value is -2.34. The highest BCUT2D eigenvalue weighted by molar-refractivity contribution is 7.09. The van der Waals surface area contributed by atoms with Crippen molar-refractivity contribution in [1.82, 2.24) is 15.5 Å². The molecule has 0 atom stereocenters. The number of thiophene rings is 1. The molecule has 28 heavy (non-hydrogen) atoms. The maximum Gasteiger partial charge on any atom is 0.243 e. The first-order valence-corrected chi connectivity index (χ1v) is 10.5. The highest BCUT2D eigenvalue weighted by atomic mass is 32.1. The van der Waals surface area contributed by atoms with Gasteiger partial charge >= 0.3 is 0 Å². The van der Waals surface area contributed by atoms with E-state index in [4.69, 9.17) is 0 Å². The fraction of sp³-hybridized carbons (Fsp3) is 0.455. The molecule has 0 aliphatic carbocycles. The van der Waals surface area contributed by atoms with Crippen LogP contribution in [0.3, 0.4) is 0 Å². The van der Waals surface area contributed by atoms with Crippen molar-refractivity contribution in [1.29, 1.82) is 0 Å². The number of carbonyl (C=O) groups excluding carboxylic acids is 1. The summed E-state index contributed by atoms with van der Waals surface area (Å²) >= 11 is 1.70. The zero-order valence-electron chi connectivity index (χ0n) is 17.6. The predicted octanol–water partition coefficient (Wildman–Crippen LogP) is 3.41. The Kier molecular flexibility index (Phi) is 8.05. The smallest absolute Gasteiger partial charge is 0.243 e. The van der Waals surface area contributed by atoms with Gasteiger partial charge in [0.25, 0.3) is 0 Å². The SMILES string of the molecule is CCc1ccc(C(C)(C)CNC(=NCC(=O)N(C)C)NCc2cccs2)cc1. The lowest BCUT2D eigenvalue weighted by Crippen LogP contribution is -2.43. The molecule has 0 fully saturated rings. The largest absolute Gasteiger partial charge is 0.356 e. The van der Waals surface area contributed by atoms with Gasteiger partial charge in [-0.05, 0) is 29.0 Å². The van der Waals surface area contributed by atoms with E-state index in [-0.39, 0.29) is 17.9 Å². The molecule has 5 nitrogen and oxygen atoms in total. The summed E-state index contributed by atoms with van der Waals surface area (Å²) in [6.07, 6.45) is 1.04. The average Bonchev–Trinajstić information content (AvgIpc) is 3.20. The van der Waals surface area contributed by atoms with E-state index in [0.29, 0.717) is 19.0 Å². The first kappa shape index (κ1) is 22.0. The molecule has 6 heteroatoms. The van der Waals surface area contributed by atoms with Crippen molar-refractivity contribution < 1.29 is 4.79 Å². The molecular weight excluding hydrogens is 368 g/mol. The molecule has 1 amide bonds. The van der Waals surface area contributed by atoms with Gasteiger partial charge in [0.15, 0.2) is 5.96 Å². The summed E-state index contributed by atoms with van der Waals surface area (Å²) in [5, 5.41) is 8.81. The zero-order valence-corrected chi connectivity index (χ0v) is 18.4. The number of hydrogen-bond acceptors (Lipinski definition) is 3. The third-order valence-electron chi connectivity index (χ3n) is 4.72. The number of amides is 1. The Morgan fingerprint density at radius 2 is 1.86 bits per heavy atom. The summed E-state index contributed by atoms with van der Waals surface area (Å²) in [7, 11) is 3.49. The standard InChI is InChI=1S/C22H32N4OS/c1-6-17-9-11-18(12-10-17)22(2,3)16-25-21(24-15-20(27)26(4)5)23-14-19-8-7-13-28-19/h7-13H,6,14-16H2,1-5H3,(H2,23,24,25). The van der Waals surface area contributed by atoms with Crippen LogP contribution in [0.2, 0.25) is 0 Å². The molecule has 0 aliphatic rings. The van der Waals surface area contributed by atoms with Crippen LogP contribution in [-0.4, -0.2) is 44.0 Å². The van der Waals surface area contributed by atoms with Gasteiger partial charge in [0, 0.05) is 30.9 Å². The number of rotatable bonds is 8. The lowest BCUT2D eigenvalue weighted by molar-refractivity contribution is -0.127. The van der Waals surface area contributed by atoms with Crippen molar-refractivity contribution in [2.24, 2.45) is 4.99 Å². The van der Waals surface area contributed by atoms with Crippen LogP contribution in [0.1, 0.15) is 36.8 Å². The average molecular weight is 401 g/mol. The number of guanidine groups is 1. The second kappa shape index (κ2) is 10.3. The summed E-state index contributed by atoms with van der Waals surface area (Å²) in [5.41, 5.74) is 2.55. The molecule has 2 aromatic rings. The third-order valence-corrected chi connectivity index (χ3v) is 5.60. The van der Waals surface area contributed by atoms with Gasteiger partial charge in [0.05, 0.1) is 6.54 Å². The Bertz CT molecular complexity index is 764. The monoisotopic (exact) mass is 400 g/mol. The molecule has 0 bridgehead atoms. The predicted molar refractivity (Wildman–Crippen MR) is 119 cm³/mol. The molecule has 152 valence electrons. The van der Waals surface area contributed by atoms with Gasteiger partial charge < -0.3 is 15.5 Å². The van der Waals surface area contributed by atoms with E-state index in [1.54, 1.807) is 30.3 Å². The van der Waals surface area contributed by atoms with E-state index >= 15 is 0 Å². The fourth-order valence-corrected chi connectivity index (χ4v) is 3.29. The maximum absolute atomic E-state index is 11.9. The number of nitrogens with zero attached hydrogens (tertiary/aromatic N) is 2. The minimum Gasteiger partial charge on any atom is -0.356 e. The van der Waals surface area contributed by atoms with Crippen molar-refractivity contribution in [2.45, 2.75) is 39.2 Å². The van der Waals surface area contributed by atoms with Crippen LogP contribution in [0, 0.1) is 0 Å². The molecule has 1 heterocycles. The number of hydrogen-bond donors (Lipinski definition) is 2. The van der Waals surface area contributed by atoms with Crippen LogP contribution >= 0.6 is 11.3 Å². The summed E-state index contributed by atoms with van der Waals surface area (Å²) < 4.78 is 0. The number of aliphatic imine (C=N–C) groups is 1. The number of carbonyl (C=O) groups is 1. The van der Waals surface area contributed by atoms with E-state index in [1.807, 2.05) is 6.07 Å². The second-order valence-electron chi connectivity index (χ2n) is 7.67. The van der Waals surface area contributed by atoms with E-state index in [9.17, 15) is 4.79 Å². The van der Waals surface area contributed by atoms with Gasteiger partial charge in [-0.15, -0.1) is 11.3 Å². The summed E-state index contributed by atoms with van der Waals surface area (Å²) in [5.74, 6) is 0.633. The van der Waals surface area contributed by atoms with Gasteiger partial charge in [-0.1, -0.05) is 51.1 Å². The molecule has 1 aromatic heterocycles. The van der Waals surface area contributed by atoms with Gasteiger partial charge in [0.2, 0.25) is 5.91 Å². The van der Waals surface area contributed by atoms with Crippen molar-refractivity contribution >= 4 is 23.2 Å². The van der Waals surface area contributed by atoms with Crippen LogP contribution in [0.25, 0.3) is 0 Å². The zero-order chi connectivity index (χ0) is 20.6. The Morgan fingerprint density at radius 3 is 2.43 bits per heavy atom.